The highest BCUT2D eigenvalue weighted by molar-refractivity contribution is 7.92. The van der Waals surface area contributed by atoms with Gasteiger partial charge in [0.15, 0.2) is 11.5 Å². The second-order valence-corrected chi connectivity index (χ2v) is 9.15. The van der Waals surface area contributed by atoms with Gasteiger partial charge < -0.3 is 19.5 Å². The molecule has 2 atom stereocenters. The number of fused-ring (bicyclic) bond motifs is 1. The number of hydrogen-bond donors (Lipinski definition) is 1. The molecule has 31 heavy (non-hydrogen) atoms. The summed E-state index contributed by atoms with van der Waals surface area (Å²) in [4.78, 5) is 12.9. The molecule has 0 radical (unpaired) electrons. The largest absolute Gasteiger partial charge is 0.494 e. The Hall–Kier alpha value is -2.94. The summed E-state index contributed by atoms with van der Waals surface area (Å²) >= 11 is 0. The maximum absolute atomic E-state index is 12.9. The molecule has 2 aromatic carbocycles. The third-order valence-electron chi connectivity index (χ3n) is 4.92. The third-order valence-corrected chi connectivity index (χ3v) is 6.16. The van der Waals surface area contributed by atoms with E-state index >= 15 is 0 Å². The Balaban J connectivity index is 1.78. The average molecular weight is 449 g/mol. The quantitative estimate of drug-likeness (QED) is 0.667. The van der Waals surface area contributed by atoms with Gasteiger partial charge in [0.25, 0.3) is 0 Å². The Kier molecular flexibility index (Phi) is 6.94. The van der Waals surface area contributed by atoms with Crippen LogP contribution in [0.25, 0.3) is 0 Å². The van der Waals surface area contributed by atoms with E-state index in [0.717, 1.165) is 21.9 Å². The average Bonchev–Trinajstić information content (AvgIpc) is 2.73. The first-order valence-electron chi connectivity index (χ1n) is 10.1. The van der Waals surface area contributed by atoms with Crippen molar-refractivity contribution in [2.75, 3.05) is 30.4 Å². The molecule has 0 aliphatic carbocycles. The molecule has 3 rings (SSSR count). The van der Waals surface area contributed by atoms with Crippen molar-refractivity contribution in [2.45, 2.75) is 32.9 Å². The maximum atomic E-state index is 12.9. The van der Waals surface area contributed by atoms with E-state index < -0.39 is 22.0 Å². The molecule has 8 nitrogen and oxygen atoms in total. The van der Waals surface area contributed by atoms with E-state index in [9.17, 15) is 13.2 Å². The van der Waals surface area contributed by atoms with Crippen LogP contribution >= 0.6 is 0 Å². The van der Waals surface area contributed by atoms with Crippen molar-refractivity contribution < 1.29 is 27.4 Å². The number of carbonyl (C=O) groups excluding carboxylic acids is 1. The molecule has 0 saturated heterocycles. The molecule has 1 N–H and O–H groups in total. The standard InChI is InChI=1S/C22H28N2O6S/c1-5-28-19-9-6-17(7-10-19)15(2)23-22(25)16(3)24(31(4,26)27)18-8-11-20-21(14-18)30-13-12-29-20/h6-11,14-16H,5,12-13H2,1-4H3,(H,23,25). The van der Waals surface area contributed by atoms with E-state index in [-0.39, 0.29) is 6.04 Å². The number of nitrogens with zero attached hydrogens (tertiary/aromatic N) is 1. The number of carbonyl (C=O) groups is 1. The number of rotatable bonds is 8. The normalized spacial score (nSPS) is 15.0. The zero-order valence-electron chi connectivity index (χ0n) is 18.1. The van der Waals surface area contributed by atoms with E-state index in [4.69, 9.17) is 14.2 Å². The van der Waals surface area contributed by atoms with Crippen LogP contribution < -0.4 is 23.8 Å². The highest BCUT2D eigenvalue weighted by Crippen LogP contribution is 2.35. The Labute approximate surface area is 183 Å². The summed E-state index contributed by atoms with van der Waals surface area (Å²) in [5.74, 6) is 1.33. The molecule has 168 valence electrons. The molecule has 1 amide bonds. The molecule has 0 aromatic heterocycles. The van der Waals surface area contributed by atoms with Crippen molar-refractivity contribution in [3.8, 4) is 17.2 Å². The predicted molar refractivity (Wildman–Crippen MR) is 118 cm³/mol. The number of benzene rings is 2. The SMILES string of the molecule is CCOc1ccc(C(C)NC(=O)C(C)N(c2ccc3c(c2)OCCO3)S(C)(=O)=O)cc1. The summed E-state index contributed by atoms with van der Waals surface area (Å²) in [7, 11) is -3.74. The second kappa shape index (κ2) is 9.47. The van der Waals surface area contributed by atoms with E-state index in [1.807, 2.05) is 38.1 Å². The van der Waals surface area contributed by atoms with E-state index in [0.29, 0.717) is 37.0 Å². The molecule has 0 saturated carbocycles. The van der Waals surface area contributed by atoms with Crippen LogP contribution in [0.2, 0.25) is 0 Å². The fourth-order valence-electron chi connectivity index (χ4n) is 3.41. The number of amides is 1. The van der Waals surface area contributed by atoms with Crippen LogP contribution in [0.3, 0.4) is 0 Å². The third kappa shape index (κ3) is 5.41. The summed E-state index contributed by atoms with van der Waals surface area (Å²) in [6, 6.07) is 11.0. The number of nitrogens with one attached hydrogen (secondary N) is 1. The lowest BCUT2D eigenvalue weighted by atomic mass is 10.1. The molecular weight excluding hydrogens is 420 g/mol. The van der Waals surface area contributed by atoms with Gasteiger partial charge in [-0.1, -0.05) is 12.1 Å². The van der Waals surface area contributed by atoms with Crippen molar-refractivity contribution in [3.05, 3.63) is 48.0 Å². The smallest absolute Gasteiger partial charge is 0.244 e. The molecule has 9 heteroatoms. The van der Waals surface area contributed by atoms with Crippen LogP contribution in [0.4, 0.5) is 5.69 Å². The molecule has 2 unspecified atom stereocenters. The van der Waals surface area contributed by atoms with Crippen molar-refractivity contribution in [1.29, 1.82) is 0 Å². The van der Waals surface area contributed by atoms with Gasteiger partial charge in [0.1, 0.15) is 25.0 Å². The highest BCUT2D eigenvalue weighted by atomic mass is 32.2. The van der Waals surface area contributed by atoms with Crippen LogP contribution in [-0.4, -0.2) is 46.4 Å². The lowest BCUT2D eigenvalue weighted by Gasteiger charge is -2.30. The predicted octanol–water partition coefficient (Wildman–Crippen LogP) is 2.89. The van der Waals surface area contributed by atoms with Gasteiger partial charge in [0, 0.05) is 6.07 Å². The maximum Gasteiger partial charge on any atom is 0.244 e. The van der Waals surface area contributed by atoms with Crippen LogP contribution in [-0.2, 0) is 14.8 Å². The first kappa shape index (κ1) is 22.7. The fraction of sp³-hybridized carbons (Fsp3) is 0.409. The van der Waals surface area contributed by atoms with Gasteiger partial charge in [0.2, 0.25) is 15.9 Å². The zero-order chi connectivity index (χ0) is 22.6. The number of ether oxygens (including phenoxy) is 3. The molecular formula is C22H28N2O6S. The van der Waals surface area contributed by atoms with Gasteiger partial charge in [-0.2, -0.15) is 0 Å². The van der Waals surface area contributed by atoms with Crippen molar-refractivity contribution in [3.63, 3.8) is 0 Å². The molecule has 1 aliphatic rings. The minimum Gasteiger partial charge on any atom is -0.494 e. The molecule has 2 aromatic rings. The number of anilines is 1. The Morgan fingerprint density at radius 3 is 2.35 bits per heavy atom. The zero-order valence-corrected chi connectivity index (χ0v) is 18.9. The number of sulfonamides is 1. The summed E-state index contributed by atoms with van der Waals surface area (Å²) in [6.07, 6.45) is 1.07. The summed E-state index contributed by atoms with van der Waals surface area (Å²) in [5, 5.41) is 2.89. The first-order chi connectivity index (χ1) is 14.7. The molecule has 1 heterocycles. The summed E-state index contributed by atoms with van der Waals surface area (Å²) < 4.78 is 42.7. The molecule has 1 aliphatic heterocycles. The van der Waals surface area contributed by atoms with E-state index in [1.54, 1.807) is 25.1 Å². The monoisotopic (exact) mass is 448 g/mol. The van der Waals surface area contributed by atoms with Gasteiger partial charge in [-0.15, -0.1) is 0 Å². The van der Waals surface area contributed by atoms with Crippen molar-refractivity contribution in [2.24, 2.45) is 0 Å². The Bertz CT molecular complexity index is 1020. The number of hydrogen-bond acceptors (Lipinski definition) is 6. The van der Waals surface area contributed by atoms with E-state index in [2.05, 4.69) is 5.32 Å². The fourth-order valence-corrected chi connectivity index (χ4v) is 4.58. The summed E-state index contributed by atoms with van der Waals surface area (Å²) in [5.41, 5.74) is 1.22. The van der Waals surface area contributed by atoms with Crippen LogP contribution in [0.15, 0.2) is 42.5 Å². The van der Waals surface area contributed by atoms with Gasteiger partial charge in [-0.05, 0) is 50.6 Å². The lowest BCUT2D eigenvalue weighted by Crippen LogP contribution is -2.48. The lowest BCUT2D eigenvalue weighted by molar-refractivity contribution is -0.122. The van der Waals surface area contributed by atoms with Gasteiger partial charge >= 0.3 is 0 Å². The van der Waals surface area contributed by atoms with Gasteiger partial charge in [-0.25, -0.2) is 8.42 Å². The molecule has 0 spiro atoms. The van der Waals surface area contributed by atoms with Gasteiger partial charge in [0.05, 0.1) is 24.6 Å². The van der Waals surface area contributed by atoms with Crippen molar-refractivity contribution in [1.82, 2.24) is 5.32 Å². The second-order valence-electron chi connectivity index (χ2n) is 7.30. The topological polar surface area (TPSA) is 94.2 Å². The van der Waals surface area contributed by atoms with Gasteiger partial charge in [-0.3, -0.25) is 9.10 Å². The molecule has 0 bridgehead atoms. The van der Waals surface area contributed by atoms with Crippen LogP contribution in [0.5, 0.6) is 17.2 Å². The Morgan fingerprint density at radius 1 is 1.10 bits per heavy atom. The van der Waals surface area contributed by atoms with Crippen molar-refractivity contribution >= 4 is 21.6 Å². The highest BCUT2D eigenvalue weighted by Gasteiger charge is 2.31. The first-order valence-corrected chi connectivity index (χ1v) is 12.0. The van der Waals surface area contributed by atoms with Crippen LogP contribution in [0.1, 0.15) is 32.4 Å². The van der Waals surface area contributed by atoms with Crippen LogP contribution in [0, 0.1) is 0 Å². The molecule has 0 fully saturated rings. The minimum atomic E-state index is -3.74. The summed E-state index contributed by atoms with van der Waals surface area (Å²) in [6.45, 7) is 6.69. The van der Waals surface area contributed by atoms with E-state index in [1.165, 1.54) is 0 Å². The minimum absolute atomic E-state index is 0.313. The Morgan fingerprint density at radius 2 is 1.74 bits per heavy atom.